The first kappa shape index (κ1) is 21.2. The van der Waals surface area contributed by atoms with Gasteiger partial charge in [0.1, 0.15) is 0 Å². The van der Waals surface area contributed by atoms with Crippen LogP contribution >= 0.6 is 0 Å². The topological polar surface area (TPSA) is 69.7 Å². The lowest BCUT2D eigenvalue weighted by molar-refractivity contribution is 0.0656. The molecular formula is C25H29N3O3. The molecular weight excluding hydrogens is 390 g/mol. The molecule has 0 bridgehead atoms. The largest absolute Gasteiger partial charge is 0.351 e. The van der Waals surface area contributed by atoms with Crippen LogP contribution in [0.4, 0.5) is 0 Å². The van der Waals surface area contributed by atoms with Crippen molar-refractivity contribution in [3.63, 3.8) is 0 Å². The third kappa shape index (κ3) is 4.69. The summed E-state index contributed by atoms with van der Waals surface area (Å²) in [6.45, 7) is 5.02. The smallest absolute Gasteiger partial charge is 0.261 e. The van der Waals surface area contributed by atoms with Crippen LogP contribution < -0.4 is 5.32 Å². The molecule has 1 atom stereocenters. The zero-order valence-electron chi connectivity index (χ0n) is 18.0. The van der Waals surface area contributed by atoms with E-state index < -0.39 is 0 Å². The summed E-state index contributed by atoms with van der Waals surface area (Å²) in [5.41, 5.74) is 2.17. The van der Waals surface area contributed by atoms with Gasteiger partial charge in [-0.3, -0.25) is 24.2 Å². The molecule has 6 heteroatoms. The van der Waals surface area contributed by atoms with Crippen molar-refractivity contribution in [1.29, 1.82) is 0 Å². The van der Waals surface area contributed by atoms with E-state index in [4.69, 9.17) is 0 Å². The fourth-order valence-electron chi connectivity index (χ4n) is 4.43. The minimum absolute atomic E-state index is 0.213. The maximum absolute atomic E-state index is 12.8. The van der Waals surface area contributed by atoms with Gasteiger partial charge in [0.2, 0.25) is 0 Å². The van der Waals surface area contributed by atoms with Crippen LogP contribution in [0.25, 0.3) is 0 Å². The van der Waals surface area contributed by atoms with Crippen molar-refractivity contribution in [1.82, 2.24) is 15.1 Å². The molecule has 0 spiro atoms. The van der Waals surface area contributed by atoms with Gasteiger partial charge in [0, 0.05) is 31.2 Å². The number of imide groups is 1. The Morgan fingerprint density at radius 1 is 1.00 bits per heavy atom. The first-order valence-corrected chi connectivity index (χ1v) is 11.1. The van der Waals surface area contributed by atoms with Crippen molar-refractivity contribution in [2.45, 2.75) is 38.6 Å². The standard InChI is InChI=1S/C25H29N3O3/c1-18-7-5-6-14-27(18)16-13-26-23(29)20-10-11-21-22(17-20)25(31)28(24(21)30)15-12-19-8-3-2-4-9-19/h2-4,8-11,17-18H,5-7,12-16H2,1H3,(H,26,29). The van der Waals surface area contributed by atoms with E-state index in [1.165, 1.54) is 24.2 Å². The minimum Gasteiger partial charge on any atom is -0.351 e. The molecule has 31 heavy (non-hydrogen) atoms. The molecule has 0 aromatic heterocycles. The quantitative estimate of drug-likeness (QED) is 0.700. The van der Waals surface area contributed by atoms with Gasteiger partial charge in [-0.05, 0) is 56.5 Å². The van der Waals surface area contributed by atoms with Crippen LogP contribution in [0.1, 0.15) is 62.8 Å². The van der Waals surface area contributed by atoms with Crippen molar-refractivity contribution < 1.29 is 14.4 Å². The molecule has 6 nitrogen and oxygen atoms in total. The Kier molecular flexibility index (Phi) is 6.47. The number of carbonyl (C=O) groups excluding carboxylic acids is 3. The fourth-order valence-corrected chi connectivity index (χ4v) is 4.43. The van der Waals surface area contributed by atoms with Crippen LogP contribution in [0.2, 0.25) is 0 Å². The van der Waals surface area contributed by atoms with Crippen molar-refractivity contribution in [2.75, 3.05) is 26.2 Å². The van der Waals surface area contributed by atoms with Gasteiger partial charge in [-0.2, -0.15) is 0 Å². The molecule has 2 aromatic rings. The van der Waals surface area contributed by atoms with Crippen molar-refractivity contribution in [3.8, 4) is 0 Å². The number of benzene rings is 2. The SMILES string of the molecule is CC1CCCCN1CCNC(=O)c1ccc2c(c1)C(=O)N(CCc1ccccc1)C2=O. The number of amides is 3. The second-order valence-corrected chi connectivity index (χ2v) is 8.39. The molecule has 4 rings (SSSR count). The Morgan fingerprint density at radius 3 is 2.55 bits per heavy atom. The maximum Gasteiger partial charge on any atom is 0.261 e. The van der Waals surface area contributed by atoms with E-state index in [1.807, 2.05) is 30.3 Å². The number of carbonyl (C=O) groups is 3. The van der Waals surface area contributed by atoms with Crippen LogP contribution in [-0.2, 0) is 6.42 Å². The molecule has 1 unspecified atom stereocenters. The second-order valence-electron chi connectivity index (χ2n) is 8.39. The van der Waals surface area contributed by atoms with Crippen molar-refractivity contribution in [2.24, 2.45) is 0 Å². The number of rotatable bonds is 7. The summed E-state index contributed by atoms with van der Waals surface area (Å²) in [5, 5.41) is 2.95. The van der Waals surface area contributed by atoms with Crippen LogP contribution in [0.15, 0.2) is 48.5 Å². The zero-order chi connectivity index (χ0) is 21.8. The Hall–Kier alpha value is -2.99. The molecule has 1 fully saturated rings. The lowest BCUT2D eigenvalue weighted by atomic mass is 10.0. The first-order valence-electron chi connectivity index (χ1n) is 11.1. The van der Waals surface area contributed by atoms with Crippen molar-refractivity contribution in [3.05, 3.63) is 70.8 Å². The number of piperidine rings is 1. The van der Waals surface area contributed by atoms with Gasteiger partial charge in [-0.1, -0.05) is 36.8 Å². The van der Waals surface area contributed by atoms with Gasteiger partial charge in [0.25, 0.3) is 17.7 Å². The molecule has 1 saturated heterocycles. The summed E-state index contributed by atoms with van der Waals surface area (Å²) >= 11 is 0. The molecule has 3 amide bonds. The number of hydrogen-bond donors (Lipinski definition) is 1. The van der Waals surface area contributed by atoms with Crippen LogP contribution in [0.3, 0.4) is 0 Å². The predicted molar refractivity (Wildman–Crippen MR) is 119 cm³/mol. The third-order valence-corrected chi connectivity index (χ3v) is 6.32. The van der Waals surface area contributed by atoms with E-state index in [0.717, 1.165) is 18.7 Å². The molecule has 0 aliphatic carbocycles. The van der Waals surface area contributed by atoms with Crippen LogP contribution in [0, 0.1) is 0 Å². The van der Waals surface area contributed by atoms with Gasteiger partial charge < -0.3 is 5.32 Å². The van der Waals surface area contributed by atoms with E-state index in [0.29, 0.717) is 42.2 Å². The lowest BCUT2D eigenvalue weighted by Gasteiger charge is -2.33. The summed E-state index contributed by atoms with van der Waals surface area (Å²) in [7, 11) is 0. The summed E-state index contributed by atoms with van der Waals surface area (Å²) < 4.78 is 0. The van der Waals surface area contributed by atoms with E-state index in [9.17, 15) is 14.4 Å². The molecule has 2 aliphatic rings. The van der Waals surface area contributed by atoms with E-state index in [-0.39, 0.29) is 17.7 Å². The summed E-state index contributed by atoms with van der Waals surface area (Å²) in [5.74, 6) is -0.829. The van der Waals surface area contributed by atoms with Crippen LogP contribution in [0.5, 0.6) is 0 Å². The highest BCUT2D eigenvalue weighted by molar-refractivity contribution is 6.22. The zero-order valence-corrected chi connectivity index (χ0v) is 18.0. The van der Waals surface area contributed by atoms with Gasteiger partial charge in [-0.15, -0.1) is 0 Å². The number of likely N-dealkylation sites (tertiary alicyclic amines) is 1. The normalized spacial score (nSPS) is 18.9. The van der Waals surface area contributed by atoms with E-state index >= 15 is 0 Å². The fraction of sp³-hybridized carbons (Fsp3) is 0.400. The highest BCUT2D eigenvalue weighted by Gasteiger charge is 2.35. The molecule has 0 saturated carbocycles. The highest BCUT2D eigenvalue weighted by Crippen LogP contribution is 2.24. The molecule has 2 aromatic carbocycles. The highest BCUT2D eigenvalue weighted by atomic mass is 16.2. The molecule has 162 valence electrons. The summed E-state index contributed by atoms with van der Waals surface area (Å²) in [6, 6.07) is 15.1. The summed E-state index contributed by atoms with van der Waals surface area (Å²) in [6.07, 6.45) is 4.29. The van der Waals surface area contributed by atoms with Gasteiger partial charge >= 0.3 is 0 Å². The molecule has 2 heterocycles. The molecule has 1 N–H and O–H groups in total. The predicted octanol–water partition coefficient (Wildman–Crippen LogP) is 3.13. The van der Waals surface area contributed by atoms with Crippen molar-refractivity contribution >= 4 is 17.7 Å². The average Bonchev–Trinajstić information content (AvgIpc) is 3.03. The maximum atomic E-state index is 12.8. The van der Waals surface area contributed by atoms with Gasteiger partial charge in [0.05, 0.1) is 11.1 Å². The van der Waals surface area contributed by atoms with Gasteiger partial charge in [-0.25, -0.2) is 0 Å². The third-order valence-electron chi connectivity index (χ3n) is 6.32. The van der Waals surface area contributed by atoms with E-state index in [1.54, 1.807) is 18.2 Å². The number of hydrogen-bond acceptors (Lipinski definition) is 4. The van der Waals surface area contributed by atoms with E-state index in [2.05, 4.69) is 17.1 Å². The first-order chi connectivity index (χ1) is 15.0. The number of nitrogens with zero attached hydrogens (tertiary/aromatic N) is 2. The Balaban J connectivity index is 1.36. The number of nitrogens with one attached hydrogen (secondary N) is 1. The monoisotopic (exact) mass is 419 g/mol. The second kappa shape index (κ2) is 9.43. The Bertz CT molecular complexity index is 973. The summed E-state index contributed by atoms with van der Waals surface area (Å²) in [4.78, 5) is 41.8. The number of fused-ring (bicyclic) bond motifs is 1. The minimum atomic E-state index is -0.326. The molecule has 0 radical (unpaired) electrons. The Morgan fingerprint density at radius 2 is 1.77 bits per heavy atom. The average molecular weight is 420 g/mol. The van der Waals surface area contributed by atoms with Gasteiger partial charge in [0.15, 0.2) is 0 Å². The lowest BCUT2D eigenvalue weighted by Crippen LogP contribution is -2.42. The van der Waals surface area contributed by atoms with Crippen LogP contribution in [-0.4, -0.2) is 59.7 Å². The Labute approximate surface area is 183 Å². The molecule has 2 aliphatic heterocycles.